The van der Waals surface area contributed by atoms with Crippen LogP contribution in [0, 0.1) is 6.92 Å². The van der Waals surface area contributed by atoms with Gasteiger partial charge in [-0.25, -0.2) is 4.98 Å². The molecule has 5 heteroatoms. The van der Waals surface area contributed by atoms with E-state index in [1.54, 1.807) is 17.8 Å². The van der Waals surface area contributed by atoms with Crippen molar-refractivity contribution in [1.29, 1.82) is 0 Å². The van der Waals surface area contributed by atoms with E-state index in [1.165, 1.54) is 5.56 Å². The summed E-state index contributed by atoms with van der Waals surface area (Å²) in [7, 11) is 1.80. The van der Waals surface area contributed by atoms with E-state index in [1.807, 2.05) is 29.7 Å². The fourth-order valence-electron chi connectivity index (χ4n) is 2.29. The van der Waals surface area contributed by atoms with Gasteiger partial charge < -0.3 is 4.57 Å². The van der Waals surface area contributed by atoms with Crippen molar-refractivity contribution >= 4 is 21.4 Å². The number of imidazole rings is 1. The third-order valence-corrected chi connectivity index (χ3v) is 4.04. The van der Waals surface area contributed by atoms with Crippen molar-refractivity contribution in [1.82, 2.24) is 14.0 Å². The van der Waals surface area contributed by atoms with Crippen LogP contribution in [0.2, 0.25) is 0 Å². The van der Waals surface area contributed by atoms with Crippen molar-refractivity contribution in [2.75, 3.05) is 0 Å². The Bertz CT molecular complexity index is 831. The Morgan fingerprint density at radius 2 is 1.95 bits per heavy atom. The smallest absolute Gasteiger partial charge is 0.276 e. The molecule has 2 heterocycles. The lowest BCUT2D eigenvalue weighted by Gasteiger charge is -2.10. The maximum absolute atomic E-state index is 12.3. The molecule has 4 nitrogen and oxygen atoms in total. The lowest BCUT2D eigenvalue weighted by atomic mass is 10.1. The molecule has 0 atom stereocenters. The fraction of sp³-hybridized carbons (Fsp3) is 0.200. The van der Waals surface area contributed by atoms with Gasteiger partial charge in [-0.15, -0.1) is 0 Å². The number of hydrogen-bond acceptors (Lipinski definition) is 2. The highest BCUT2D eigenvalue weighted by molar-refractivity contribution is 9.10. The standard InChI is InChI=1S/C15H14BrN3O/c1-10-17-8-14-15(20)18(2)13(9-19(10)14)7-11-3-5-12(16)6-4-11/h3-6,8-9H,7H2,1-2H3. The number of halogens is 1. The lowest BCUT2D eigenvalue weighted by Crippen LogP contribution is -2.22. The van der Waals surface area contributed by atoms with E-state index in [2.05, 4.69) is 33.0 Å². The second kappa shape index (κ2) is 4.90. The Morgan fingerprint density at radius 3 is 2.65 bits per heavy atom. The highest BCUT2D eigenvalue weighted by atomic mass is 79.9. The number of benzene rings is 1. The molecule has 1 aromatic carbocycles. The summed E-state index contributed by atoms with van der Waals surface area (Å²) in [5.74, 6) is 0.828. The van der Waals surface area contributed by atoms with Crippen LogP contribution in [0.5, 0.6) is 0 Å². The van der Waals surface area contributed by atoms with Gasteiger partial charge in [0.1, 0.15) is 11.3 Å². The van der Waals surface area contributed by atoms with Crippen molar-refractivity contribution in [3.05, 3.63) is 68.6 Å². The first-order valence-electron chi connectivity index (χ1n) is 6.33. The van der Waals surface area contributed by atoms with Crippen molar-refractivity contribution in [2.45, 2.75) is 13.3 Å². The minimum Gasteiger partial charge on any atom is -0.312 e. The number of nitrogens with zero attached hydrogens (tertiary/aromatic N) is 3. The Morgan fingerprint density at radius 1 is 1.25 bits per heavy atom. The van der Waals surface area contributed by atoms with Crippen LogP contribution < -0.4 is 5.56 Å². The third kappa shape index (κ3) is 2.18. The summed E-state index contributed by atoms with van der Waals surface area (Å²) >= 11 is 3.43. The Kier molecular flexibility index (Phi) is 3.22. The second-order valence-corrected chi connectivity index (χ2v) is 5.76. The predicted molar refractivity (Wildman–Crippen MR) is 82.1 cm³/mol. The van der Waals surface area contributed by atoms with Gasteiger partial charge in [0.2, 0.25) is 0 Å². The van der Waals surface area contributed by atoms with Gasteiger partial charge in [-0.05, 0) is 24.6 Å². The SMILES string of the molecule is Cc1ncc2c(=O)n(C)c(Cc3ccc(Br)cc3)cn12. The van der Waals surface area contributed by atoms with Crippen LogP contribution in [0.1, 0.15) is 17.1 Å². The summed E-state index contributed by atoms with van der Waals surface area (Å²) in [6, 6.07) is 8.13. The van der Waals surface area contributed by atoms with Gasteiger partial charge >= 0.3 is 0 Å². The summed E-state index contributed by atoms with van der Waals surface area (Å²) in [5, 5.41) is 0. The van der Waals surface area contributed by atoms with Crippen LogP contribution in [-0.4, -0.2) is 14.0 Å². The minimum atomic E-state index is -0.0137. The average molecular weight is 332 g/mol. The van der Waals surface area contributed by atoms with Gasteiger partial charge in [-0.2, -0.15) is 0 Å². The molecule has 0 fully saturated rings. The van der Waals surface area contributed by atoms with Crippen LogP contribution in [0.25, 0.3) is 5.52 Å². The summed E-state index contributed by atoms with van der Waals surface area (Å²) in [4.78, 5) is 16.5. The van der Waals surface area contributed by atoms with E-state index in [9.17, 15) is 4.79 Å². The summed E-state index contributed by atoms with van der Waals surface area (Å²) < 4.78 is 4.60. The zero-order chi connectivity index (χ0) is 14.3. The topological polar surface area (TPSA) is 39.3 Å². The summed E-state index contributed by atoms with van der Waals surface area (Å²) in [6.45, 7) is 1.90. The zero-order valence-corrected chi connectivity index (χ0v) is 12.9. The van der Waals surface area contributed by atoms with Crippen LogP contribution >= 0.6 is 15.9 Å². The molecule has 0 saturated carbocycles. The molecule has 0 radical (unpaired) electrons. The Balaban J connectivity index is 2.11. The maximum Gasteiger partial charge on any atom is 0.276 e. The number of aromatic nitrogens is 3. The number of aryl methyl sites for hydroxylation is 1. The molecule has 0 aliphatic carbocycles. The quantitative estimate of drug-likeness (QED) is 0.724. The molecule has 102 valence electrons. The highest BCUT2D eigenvalue weighted by Gasteiger charge is 2.09. The third-order valence-electron chi connectivity index (χ3n) is 3.51. The fourth-order valence-corrected chi connectivity index (χ4v) is 2.55. The summed E-state index contributed by atoms with van der Waals surface area (Å²) in [5.41, 5.74) is 2.73. The number of rotatable bonds is 2. The molecular weight excluding hydrogens is 318 g/mol. The van der Waals surface area contributed by atoms with Gasteiger partial charge in [-0.1, -0.05) is 28.1 Å². The molecule has 0 N–H and O–H groups in total. The molecule has 20 heavy (non-hydrogen) atoms. The van der Waals surface area contributed by atoms with E-state index in [-0.39, 0.29) is 5.56 Å². The van der Waals surface area contributed by atoms with Crippen molar-refractivity contribution in [3.63, 3.8) is 0 Å². The van der Waals surface area contributed by atoms with E-state index in [4.69, 9.17) is 0 Å². The maximum atomic E-state index is 12.3. The molecule has 0 aliphatic rings. The lowest BCUT2D eigenvalue weighted by molar-refractivity contribution is 0.774. The first-order valence-corrected chi connectivity index (χ1v) is 7.12. The minimum absolute atomic E-state index is 0.0137. The number of hydrogen-bond donors (Lipinski definition) is 0. The van der Waals surface area contributed by atoms with Gasteiger partial charge in [0.05, 0.1) is 6.20 Å². The van der Waals surface area contributed by atoms with Gasteiger partial charge in [0, 0.05) is 29.8 Å². The largest absolute Gasteiger partial charge is 0.312 e. The first-order chi connectivity index (χ1) is 9.56. The molecule has 0 aliphatic heterocycles. The van der Waals surface area contributed by atoms with Gasteiger partial charge in [-0.3, -0.25) is 9.20 Å². The van der Waals surface area contributed by atoms with Crippen LogP contribution in [0.4, 0.5) is 0 Å². The zero-order valence-electron chi connectivity index (χ0n) is 11.3. The molecular formula is C15H14BrN3O. The molecule has 3 aromatic rings. The normalized spacial score (nSPS) is 11.2. The average Bonchev–Trinajstić information content (AvgIpc) is 2.80. The van der Waals surface area contributed by atoms with Crippen molar-refractivity contribution < 1.29 is 0 Å². The van der Waals surface area contributed by atoms with Crippen molar-refractivity contribution in [2.24, 2.45) is 7.05 Å². The monoisotopic (exact) mass is 331 g/mol. The van der Waals surface area contributed by atoms with E-state index < -0.39 is 0 Å². The summed E-state index contributed by atoms with van der Waals surface area (Å²) in [6.07, 6.45) is 4.33. The van der Waals surface area contributed by atoms with E-state index in [0.29, 0.717) is 11.9 Å². The highest BCUT2D eigenvalue weighted by Crippen LogP contribution is 2.14. The van der Waals surface area contributed by atoms with E-state index >= 15 is 0 Å². The van der Waals surface area contributed by atoms with Crippen molar-refractivity contribution in [3.8, 4) is 0 Å². The molecule has 0 bridgehead atoms. The molecule has 2 aromatic heterocycles. The molecule has 0 spiro atoms. The van der Waals surface area contributed by atoms with Crippen LogP contribution in [0.15, 0.2) is 45.9 Å². The Labute approximate surface area is 124 Å². The molecule has 0 unspecified atom stereocenters. The molecule has 0 amide bonds. The van der Waals surface area contributed by atoms with Gasteiger partial charge in [0.25, 0.3) is 5.56 Å². The van der Waals surface area contributed by atoms with Crippen LogP contribution in [-0.2, 0) is 13.5 Å². The Hall–Kier alpha value is -1.88. The second-order valence-electron chi connectivity index (χ2n) is 4.85. The first kappa shape index (κ1) is 13.1. The number of fused-ring (bicyclic) bond motifs is 1. The van der Waals surface area contributed by atoms with E-state index in [0.717, 1.165) is 16.0 Å². The van der Waals surface area contributed by atoms with Gasteiger partial charge in [0.15, 0.2) is 0 Å². The molecule has 3 rings (SSSR count). The van der Waals surface area contributed by atoms with Crippen LogP contribution in [0.3, 0.4) is 0 Å². The predicted octanol–water partition coefficient (Wildman–Crippen LogP) is 2.69. The molecule has 0 saturated heterocycles.